The summed E-state index contributed by atoms with van der Waals surface area (Å²) in [4.78, 5) is 12.3. The molecule has 0 aromatic carbocycles. The van der Waals surface area contributed by atoms with Gasteiger partial charge in [0.05, 0.1) is 5.41 Å². The first-order valence-electron chi connectivity index (χ1n) is 4.59. The molecule has 0 bridgehead atoms. The molecule has 0 spiro atoms. The molecule has 1 aromatic heterocycles. The van der Waals surface area contributed by atoms with Crippen LogP contribution in [0.2, 0.25) is 0 Å². The minimum absolute atomic E-state index is 0.465. The van der Waals surface area contributed by atoms with E-state index >= 15 is 0 Å². The molecule has 1 fully saturated rings. The Morgan fingerprint density at radius 1 is 1.64 bits per heavy atom. The largest absolute Gasteiger partial charge is 0.481 e. The molecule has 1 aliphatic rings. The van der Waals surface area contributed by atoms with Gasteiger partial charge in [-0.3, -0.25) is 4.79 Å². The van der Waals surface area contributed by atoms with Crippen LogP contribution < -0.4 is 0 Å². The van der Waals surface area contributed by atoms with Crippen LogP contribution in [-0.2, 0) is 11.2 Å². The fourth-order valence-corrected chi connectivity index (χ4v) is 3.46. The number of thiophene rings is 1. The maximum Gasteiger partial charge on any atom is 0.309 e. The summed E-state index contributed by atoms with van der Waals surface area (Å²) in [6, 6.07) is 1.98. The van der Waals surface area contributed by atoms with Crippen molar-refractivity contribution in [3.05, 3.63) is 20.8 Å². The topological polar surface area (TPSA) is 37.3 Å². The standard InChI is InChI=1S/C10H11BrO2S/c11-7-2-5-14-8(7)6-10(9(12)13)3-1-4-10/h2,5H,1,3-4,6H2,(H,12,13). The molecule has 2 rings (SSSR count). The number of carboxylic acid groups (broad SMARTS) is 1. The second-order valence-corrected chi connectivity index (χ2v) is 5.66. The van der Waals surface area contributed by atoms with Crippen molar-refractivity contribution in [1.82, 2.24) is 0 Å². The normalized spacial score (nSPS) is 18.9. The predicted octanol–water partition coefficient (Wildman–Crippen LogP) is 3.31. The van der Waals surface area contributed by atoms with Crippen molar-refractivity contribution in [1.29, 1.82) is 0 Å². The summed E-state index contributed by atoms with van der Waals surface area (Å²) in [7, 11) is 0. The van der Waals surface area contributed by atoms with E-state index in [2.05, 4.69) is 15.9 Å². The molecule has 1 aliphatic carbocycles. The molecular formula is C10H11BrO2S. The van der Waals surface area contributed by atoms with Crippen LogP contribution in [0.4, 0.5) is 0 Å². The van der Waals surface area contributed by atoms with E-state index in [9.17, 15) is 4.79 Å². The maximum absolute atomic E-state index is 11.1. The highest BCUT2D eigenvalue weighted by Crippen LogP contribution is 2.45. The minimum atomic E-state index is -0.635. The Labute approximate surface area is 95.1 Å². The lowest BCUT2D eigenvalue weighted by Crippen LogP contribution is -2.39. The Kier molecular flexibility index (Phi) is 2.66. The van der Waals surface area contributed by atoms with Gasteiger partial charge in [-0.2, -0.15) is 0 Å². The molecule has 1 heterocycles. The lowest BCUT2D eigenvalue weighted by Gasteiger charge is -2.37. The van der Waals surface area contributed by atoms with Gasteiger partial charge in [0, 0.05) is 9.35 Å². The first-order valence-corrected chi connectivity index (χ1v) is 6.27. The average molecular weight is 275 g/mol. The number of carbonyl (C=O) groups is 1. The number of hydrogen-bond acceptors (Lipinski definition) is 2. The lowest BCUT2D eigenvalue weighted by atomic mass is 9.66. The average Bonchev–Trinajstić information content (AvgIpc) is 2.43. The van der Waals surface area contributed by atoms with E-state index in [4.69, 9.17) is 5.11 Å². The van der Waals surface area contributed by atoms with E-state index in [1.165, 1.54) is 0 Å². The second kappa shape index (κ2) is 3.66. The molecule has 1 N–H and O–H groups in total. The molecule has 1 saturated carbocycles. The molecule has 0 aliphatic heterocycles. The van der Waals surface area contributed by atoms with Crippen molar-refractivity contribution in [2.45, 2.75) is 25.7 Å². The van der Waals surface area contributed by atoms with Gasteiger partial charge in [-0.1, -0.05) is 6.42 Å². The lowest BCUT2D eigenvalue weighted by molar-refractivity contribution is -0.154. The molecule has 0 radical (unpaired) electrons. The Morgan fingerprint density at radius 2 is 2.36 bits per heavy atom. The highest BCUT2D eigenvalue weighted by Gasteiger charge is 2.44. The Balaban J connectivity index is 2.17. The highest BCUT2D eigenvalue weighted by molar-refractivity contribution is 9.10. The van der Waals surface area contributed by atoms with Gasteiger partial charge in [-0.15, -0.1) is 11.3 Å². The molecule has 2 nitrogen and oxygen atoms in total. The van der Waals surface area contributed by atoms with Crippen molar-refractivity contribution in [2.24, 2.45) is 5.41 Å². The summed E-state index contributed by atoms with van der Waals surface area (Å²) in [5.74, 6) is -0.635. The van der Waals surface area contributed by atoms with Crippen molar-refractivity contribution >= 4 is 33.2 Å². The summed E-state index contributed by atoms with van der Waals surface area (Å²) in [6.45, 7) is 0. The number of halogens is 1. The number of hydrogen-bond donors (Lipinski definition) is 1. The molecule has 0 atom stereocenters. The molecule has 4 heteroatoms. The van der Waals surface area contributed by atoms with Crippen LogP contribution in [0.15, 0.2) is 15.9 Å². The van der Waals surface area contributed by atoms with Crippen molar-refractivity contribution in [3.63, 3.8) is 0 Å². The minimum Gasteiger partial charge on any atom is -0.481 e. The Bertz CT molecular complexity index is 355. The van der Waals surface area contributed by atoms with E-state index in [-0.39, 0.29) is 0 Å². The third-order valence-corrected chi connectivity index (χ3v) is 4.88. The molecule has 0 amide bonds. The van der Waals surface area contributed by atoms with E-state index in [0.29, 0.717) is 6.42 Å². The third-order valence-electron chi connectivity index (χ3n) is 2.95. The molecule has 0 saturated heterocycles. The van der Waals surface area contributed by atoms with Gasteiger partial charge in [-0.05, 0) is 46.6 Å². The first kappa shape index (κ1) is 10.2. The van der Waals surface area contributed by atoms with E-state index < -0.39 is 11.4 Å². The summed E-state index contributed by atoms with van der Waals surface area (Å²) in [5.41, 5.74) is -0.465. The van der Waals surface area contributed by atoms with Crippen molar-refractivity contribution < 1.29 is 9.90 Å². The second-order valence-electron chi connectivity index (χ2n) is 3.81. The Morgan fingerprint density at radius 3 is 2.71 bits per heavy atom. The van der Waals surface area contributed by atoms with E-state index in [1.54, 1.807) is 11.3 Å². The number of rotatable bonds is 3. The summed E-state index contributed by atoms with van der Waals surface area (Å²) in [5, 5.41) is 11.2. The van der Waals surface area contributed by atoms with Gasteiger partial charge < -0.3 is 5.11 Å². The SMILES string of the molecule is O=C(O)C1(Cc2sccc2Br)CCC1. The van der Waals surface area contributed by atoms with Crippen LogP contribution in [0.3, 0.4) is 0 Å². The van der Waals surface area contributed by atoms with Crippen LogP contribution in [0.25, 0.3) is 0 Å². The Hall–Kier alpha value is -0.350. The highest BCUT2D eigenvalue weighted by atomic mass is 79.9. The number of carboxylic acids is 1. The molecule has 14 heavy (non-hydrogen) atoms. The maximum atomic E-state index is 11.1. The van der Waals surface area contributed by atoms with Gasteiger partial charge >= 0.3 is 5.97 Å². The smallest absolute Gasteiger partial charge is 0.309 e. The van der Waals surface area contributed by atoms with Crippen LogP contribution in [0.5, 0.6) is 0 Å². The fraction of sp³-hybridized carbons (Fsp3) is 0.500. The zero-order valence-corrected chi connectivity index (χ0v) is 10.0. The van der Waals surface area contributed by atoms with Crippen LogP contribution >= 0.6 is 27.3 Å². The van der Waals surface area contributed by atoms with E-state index in [0.717, 1.165) is 28.6 Å². The van der Waals surface area contributed by atoms with Gasteiger partial charge in [-0.25, -0.2) is 0 Å². The fourth-order valence-electron chi connectivity index (χ4n) is 1.83. The quantitative estimate of drug-likeness (QED) is 0.918. The molecule has 1 aromatic rings. The van der Waals surface area contributed by atoms with E-state index in [1.807, 2.05) is 11.4 Å². The van der Waals surface area contributed by atoms with Gasteiger partial charge in [0.25, 0.3) is 0 Å². The first-order chi connectivity index (χ1) is 6.64. The number of aliphatic carboxylic acids is 1. The van der Waals surface area contributed by atoms with Crippen LogP contribution in [0, 0.1) is 5.41 Å². The molecule has 76 valence electrons. The van der Waals surface area contributed by atoms with Crippen molar-refractivity contribution in [3.8, 4) is 0 Å². The van der Waals surface area contributed by atoms with Gasteiger partial charge in [0.1, 0.15) is 0 Å². The van der Waals surface area contributed by atoms with Gasteiger partial charge in [0.15, 0.2) is 0 Å². The van der Waals surface area contributed by atoms with Crippen molar-refractivity contribution in [2.75, 3.05) is 0 Å². The molecular weight excluding hydrogens is 264 g/mol. The summed E-state index contributed by atoms with van der Waals surface area (Å²) >= 11 is 5.07. The third kappa shape index (κ3) is 1.61. The van der Waals surface area contributed by atoms with Crippen LogP contribution in [-0.4, -0.2) is 11.1 Å². The molecule has 0 unspecified atom stereocenters. The zero-order chi connectivity index (χ0) is 10.2. The summed E-state index contributed by atoms with van der Waals surface area (Å²) < 4.78 is 1.05. The zero-order valence-electron chi connectivity index (χ0n) is 7.62. The van der Waals surface area contributed by atoms with Gasteiger partial charge in [0.2, 0.25) is 0 Å². The summed E-state index contributed by atoms with van der Waals surface area (Å²) in [6.07, 6.45) is 3.38. The predicted molar refractivity (Wildman–Crippen MR) is 59.6 cm³/mol. The van der Waals surface area contributed by atoms with Crippen LogP contribution in [0.1, 0.15) is 24.1 Å². The monoisotopic (exact) mass is 274 g/mol.